The van der Waals surface area contributed by atoms with E-state index in [2.05, 4.69) is 107 Å². The van der Waals surface area contributed by atoms with Crippen LogP contribution < -0.4 is 22.5 Å². The second-order valence-corrected chi connectivity index (χ2v) is 17.1. The number of thiocarbonyl (C=S) groups is 1. The van der Waals surface area contributed by atoms with Crippen molar-refractivity contribution in [2.75, 3.05) is 11.9 Å². The number of amidine groups is 2. The summed E-state index contributed by atoms with van der Waals surface area (Å²) in [6.45, 7) is 1.93. The Labute approximate surface area is 415 Å². The maximum atomic E-state index is 13.8. The van der Waals surface area contributed by atoms with Crippen molar-refractivity contribution < 1.29 is 13.9 Å². The molecule has 0 aromatic heterocycles. The molecule has 0 spiro atoms. The molecular weight excluding hydrogens is 1260 g/mol. The zero-order chi connectivity index (χ0) is 41.5. The number of nitrogens with zero attached hydrogens (tertiary/aromatic N) is 2. The molecule has 0 atom stereocenters. The third-order valence-electron chi connectivity index (χ3n) is 6.62. The van der Waals surface area contributed by atoms with Gasteiger partial charge in [-0.15, -0.1) is 34.0 Å². The first kappa shape index (κ1) is 56.6. The van der Waals surface area contributed by atoms with Crippen LogP contribution in [0.25, 0.3) is 0 Å². The van der Waals surface area contributed by atoms with Gasteiger partial charge < -0.3 is 27.6 Å². The number of alkyl halides is 2. The van der Waals surface area contributed by atoms with Gasteiger partial charge in [0.15, 0.2) is 15.4 Å². The van der Waals surface area contributed by atoms with E-state index < -0.39 is 0 Å². The lowest BCUT2D eigenvalue weighted by molar-refractivity contribution is 0.318. The zero-order valence-electron chi connectivity index (χ0n) is 30.7. The molecule has 0 unspecified atom stereocenters. The van der Waals surface area contributed by atoms with Crippen LogP contribution in [-0.4, -0.2) is 27.2 Å². The Morgan fingerprint density at radius 2 is 0.983 bits per heavy atom. The molecule has 0 aliphatic rings. The van der Waals surface area contributed by atoms with Gasteiger partial charge in [-0.25, -0.2) is 18.8 Å². The number of anilines is 1. The lowest BCUT2D eigenvalue weighted by atomic mass is 10.1. The number of nitrogens with one attached hydrogen (secondary N) is 1. The Hall–Kier alpha value is -1.39. The van der Waals surface area contributed by atoms with Crippen LogP contribution in [0.3, 0.4) is 0 Å². The molecule has 8 N–H and O–H groups in total. The van der Waals surface area contributed by atoms with Crippen molar-refractivity contribution in [1.82, 2.24) is 0 Å². The van der Waals surface area contributed by atoms with E-state index in [0.29, 0.717) is 27.2 Å². The van der Waals surface area contributed by atoms with Gasteiger partial charge in [0, 0.05) is 47.9 Å². The molecule has 0 saturated heterocycles. The SMILES string of the molecule is Br.Br.CCO.Fc1ccc(CBr)c(CBr)c1.NC(=Nc1ccc(Br)cc1)SCc1ccc(F)cc1CSC(N)=Nc1ccc(Br)cc1.NC(=S)Nc1ccc(Br)cc1. The molecule has 0 saturated carbocycles. The number of nitrogens with two attached hydrogens (primary N) is 3. The molecule has 0 fully saturated rings. The van der Waals surface area contributed by atoms with E-state index in [4.69, 9.17) is 22.3 Å². The Balaban J connectivity index is 0.000000984. The quantitative estimate of drug-likeness (QED) is 0.0426. The zero-order valence-corrected chi connectivity index (χ0v) is 44.5. The van der Waals surface area contributed by atoms with Crippen molar-refractivity contribution in [3.63, 3.8) is 0 Å². The second-order valence-electron chi connectivity index (χ2n) is 10.8. The number of hydrogen-bond acceptors (Lipinski definition) is 6. The number of aliphatic hydroxyl groups excluding tert-OH is 1. The molecule has 314 valence electrons. The molecule has 7 nitrogen and oxygen atoms in total. The summed E-state index contributed by atoms with van der Waals surface area (Å²) < 4.78 is 29.5. The Bertz CT molecular complexity index is 2020. The summed E-state index contributed by atoms with van der Waals surface area (Å²) in [5, 5.41) is 13.0. The number of benzene rings is 5. The molecule has 58 heavy (non-hydrogen) atoms. The summed E-state index contributed by atoms with van der Waals surface area (Å²) in [5.74, 6) is 0.614. The number of aliphatic hydroxyl groups is 1. The number of thioether (sulfide) groups is 2. The minimum absolute atomic E-state index is 0. The molecule has 5 rings (SSSR count). The van der Waals surface area contributed by atoms with Crippen molar-refractivity contribution in [3.05, 3.63) is 157 Å². The van der Waals surface area contributed by atoms with Gasteiger partial charge in [0.2, 0.25) is 0 Å². The first-order chi connectivity index (χ1) is 26.8. The van der Waals surface area contributed by atoms with Crippen LogP contribution in [0.5, 0.6) is 0 Å². The molecule has 5 aromatic rings. The second kappa shape index (κ2) is 32.3. The van der Waals surface area contributed by atoms with Gasteiger partial charge in [-0.05, 0) is 138 Å². The smallest absolute Gasteiger partial charge is 0.168 e. The first-order valence-corrected chi connectivity index (χ1v) is 23.3. The summed E-state index contributed by atoms with van der Waals surface area (Å²) in [6, 6.07) is 32.3. The van der Waals surface area contributed by atoms with Gasteiger partial charge >= 0.3 is 0 Å². The molecule has 5 aromatic carbocycles. The normalized spacial score (nSPS) is 10.5. The molecule has 19 heteroatoms. The fourth-order valence-electron chi connectivity index (χ4n) is 4.05. The average Bonchev–Trinajstić information content (AvgIpc) is 3.17. The van der Waals surface area contributed by atoms with E-state index in [1.54, 1.807) is 25.1 Å². The largest absolute Gasteiger partial charge is 0.397 e. The lowest BCUT2D eigenvalue weighted by Gasteiger charge is -2.10. The van der Waals surface area contributed by atoms with Crippen LogP contribution in [0.15, 0.2) is 133 Å². The molecule has 0 heterocycles. The summed E-state index contributed by atoms with van der Waals surface area (Å²) >= 11 is 24.2. The number of aliphatic imine (C=N–C) groups is 2. The standard InChI is InChI=1S/C22H19Br2FN4S2.C8H7Br2F.C7H7BrN2S.C2H6O.2BrH/c23-16-2-7-19(8-3-16)28-21(26)30-12-14-1-6-18(25)11-15(14)13-31-22(27)29-20-9-4-17(24)5-10-20;9-4-6-1-2-8(11)3-7(6)5-10;8-5-1-3-6(4-2-5)10-7(9)11;1-2-3;;/h1-11H,12-13H2,(H2,26,28)(H2,27,29);1-3H,4-5H2;1-4H,(H3,9,10,11);3H,2H2,1H3;2*1H. The maximum absolute atomic E-state index is 13.8. The highest BCUT2D eigenvalue weighted by molar-refractivity contribution is 9.11. The molecule has 0 aliphatic carbocycles. The number of hydrogen-bond donors (Lipinski definition) is 5. The summed E-state index contributed by atoms with van der Waals surface area (Å²) in [6.07, 6.45) is 0. The first-order valence-electron chi connectivity index (χ1n) is 16.3. The van der Waals surface area contributed by atoms with E-state index in [1.807, 2.05) is 72.8 Å². The molecular formula is C39H41Br7F2N6OS3. The van der Waals surface area contributed by atoms with Crippen molar-refractivity contribution >= 4 is 182 Å². The van der Waals surface area contributed by atoms with Gasteiger partial charge in [-0.1, -0.05) is 115 Å². The van der Waals surface area contributed by atoms with Gasteiger partial charge in [-0.3, -0.25) is 0 Å². The molecule has 0 radical (unpaired) electrons. The molecule has 0 amide bonds. The number of rotatable bonds is 9. The van der Waals surface area contributed by atoms with Gasteiger partial charge in [0.1, 0.15) is 11.6 Å². The minimum atomic E-state index is -0.288. The van der Waals surface area contributed by atoms with Crippen LogP contribution in [0, 0.1) is 11.6 Å². The average molecular weight is 1300 g/mol. The Kier molecular flexibility index (Phi) is 31.6. The highest BCUT2D eigenvalue weighted by Crippen LogP contribution is 2.25. The van der Waals surface area contributed by atoms with Gasteiger partial charge in [0.05, 0.1) is 11.4 Å². The van der Waals surface area contributed by atoms with E-state index in [1.165, 1.54) is 41.7 Å². The van der Waals surface area contributed by atoms with Gasteiger partial charge in [-0.2, -0.15) is 0 Å². The monoisotopic (exact) mass is 1300 g/mol. The fourth-order valence-corrected chi connectivity index (χ4v) is 7.52. The van der Waals surface area contributed by atoms with Crippen LogP contribution in [0.4, 0.5) is 25.8 Å². The summed E-state index contributed by atoms with van der Waals surface area (Å²) in [7, 11) is 0. The van der Waals surface area contributed by atoms with E-state index >= 15 is 0 Å². The number of halogens is 9. The Morgan fingerprint density at radius 3 is 1.38 bits per heavy atom. The predicted octanol–water partition coefficient (Wildman–Crippen LogP) is 14.0. The highest BCUT2D eigenvalue weighted by atomic mass is 79.9. The fraction of sp³-hybridized carbons (Fsp3) is 0.154. The van der Waals surface area contributed by atoms with Crippen molar-refractivity contribution in [3.8, 4) is 0 Å². The lowest BCUT2D eigenvalue weighted by Crippen LogP contribution is -2.18. The van der Waals surface area contributed by atoms with Gasteiger partial charge in [0.25, 0.3) is 0 Å². The predicted molar refractivity (Wildman–Crippen MR) is 279 cm³/mol. The third-order valence-corrected chi connectivity index (χ3v) is 11.2. The molecule has 0 aliphatic heterocycles. The van der Waals surface area contributed by atoms with Crippen LogP contribution in [-0.2, 0) is 22.2 Å². The molecule has 0 bridgehead atoms. The van der Waals surface area contributed by atoms with E-state index in [9.17, 15) is 8.78 Å². The maximum Gasteiger partial charge on any atom is 0.168 e. The summed E-state index contributed by atoms with van der Waals surface area (Å²) in [5.41, 5.74) is 23.8. The van der Waals surface area contributed by atoms with Crippen molar-refractivity contribution in [2.45, 2.75) is 29.1 Å². The van der Waals surface area contributed by atoms with E-state index in [0.717, 1.165) is 58.1 Å². The van der Waals surface area contributed by atoms with Crippen molar-refractivity contribution in [2.24, 2.45) is 27.2 Å². The topological polar surface area (TPSA) is 135 Å². The van der Waals surface area contributed by atoms with Crippen LogP contribution in [0.1, 0.15) is 29.2 Å². The van der Waals surface area contributed by atoms with Crippen LogP contribution in [0.2, 0.25) is 0 Å². The van der Waals surface area contributed by atoms with E-state index in [-0.39, 0.29) is 57.3 Å². The summed E-state index contributed by atoms with van der Waals surface area (Å²) in [4.78, 5) is 8.79. The van der Waals surface area contributed by atoms with Crippen molar-refractivity contribution in [1.29, 1.82) is 0 Å². The Morgan fingerprint density at radius 1 is 0.621 bits per heavy atom. The minimum Gasteiger partial charge on any atom is -0.397 e. The third kappa shape index (κ3) is 24.2. The van der Waals surface area contributed by atoms with Crippen LogP contribution >= 0.6 is 149 Å². The highest BCUT2D eigenvalue weighted by Gasteiger charge is 2.08.